The third-order valence-corrected chi connectivity index (χ3v) is 3.63. The lowest BCUT2D eigenvalue weighted by Crippen LogP contribution is -2.30. The molecule has 13 heavy (non-hydrogen) atoms. The van der Waals surface area contributed by atoms with E-state index in [1.54, 1.807) is 0 Å². The van der Waals surface area contributed by atoms with Gasteiger partial charge >= 0.3 is 0 Å². The Labute approximate surface area is 81.3 Å². The lowest BCUT2D eigenvalue weighted by Gasteiger charge is -2.28. The van der Waals surface area contributed by atoms with Crippen molar-refractivity contribution in [2.75, 3.05) is 27.2 Å². The van der Waals surface area contributed by atoms with E-state index < -0.39 is 0 Å². The predicted molar refractivity (Wildman–Crippen MR) is 53.7 cm³/mol. The standard InChI is InChI=1S/C11H21NO/c1-12-5-3-9(4-6-12)7-10-8-11(10)13-2/h9-11H,3-8H2,1-2H3. The van der Waals surface area contributed by atoms with Crippen LogP contribution in [0.2, 0.25) is 0 Å². The molecule has 0 bridgehead atoms. The monoisotopic (exact) mass is 183 g/mol. The largest absolute Gasteiger partial charge is 0.381 e. The molecule has 1 aliphatic heterocycles. The maximum absolute atomic E-state index is 5.33. The highest BCUT2D eigenvalue weighted by Crippen LogP contribution is 2.40. The van der Waals surface area contributed by atoms with E-state index in [0.717, 1.165) is 11.8 Å². The Bertz CT molecular complexity index is 163. The average molecular weight is 183 g/mol. The van der Waals surface area contributed by atoms with Crippen LogP contribution in [0.4, 0.5) is 0 Å². The minimum atomic E-state index is 0.611. The van der Waals surface area contributed by atoms with Gasteiger partial charge in [-0.15, -0.1) is 0 Å². The number of piperidine rings is 1. The summed E-state index contributed by atoms with van der Waals surface area (Å²) in [6.45, 7) is 2.60. The van der Waals surface area contributed by atoms with Crippen molar-refractivity contribution in [3.63, 3.8) is 0 Å². The fourth-order valence-electron chi connectivity index (χ4n) is 2.48. The molecule has 2 atom stereocenters. The van der Waals surface area contributed by atoms with Crippen LogP contribution in [0.25, 0.3) is 0 Å². The Kier molecular flexibility index (Phi) is 2.89. The molecular weight excluding hydrogens is 162 g/mol. The molecular formula is C11H21NO. The maximum atomic E-state index is 5.33. The van der Waals surface area contributed by atoms with Gasteiger partial charge in [-0.1, -0.05) is 0 Å². The lowest BCUT2D eigenvalue weighted by molar-refractivity contribution is 0.154. The highest BCUT2D eigenvalue weighted by Gasteiger charge is 2.38. The van der Waals surface area contributed by atoms with Crippen molar-refractivity contribution in [3.8, 4) is 0 Å². The molecule has 2 rings (SSSR count). The van der Waals surface area contributed by atoms with E-state index >= 15 is 0 Å². The van der Waals surface area contributed by atoms with Crippen molar-refractivity contribution in [1.29, 1.82) is 0 Å². The van der Waals surface area contributed by atoms with Gasteiger partial charge in [0.05, 0.1) is 6.10 Å². The molecule has 0 N–H and O–H groups in total. The topological polar surface area (TPSA) is 12.5 Å². The first kappa shape index (κ1) is 9.47. The van der Waals surface area contributed by atoms with Crippen LogP contribution in [-0.2, 0) is 4.74 Å². The average Bonchev–Trinajstić information content (AvgIpc) is 2.88. The summed E-state index contributed by atoms with van der Waals surface area (Å²) >= 11 is 0. The molecule has 0 radical (unpaired) electrons. The van der Waals surface area contributed by atoms with Gasteiger partial charge in [0.15, 0.2) is 0 Å². The van der Waals surface area contributed by atoms with Crippen LogP contribution in [0, 0.1) is 11.8 Å². The van der Waals surface area contributed by atoms with Crippen molar-refractivity contribution >= 4 is 0 Å². The molecule has 2 unspecified atom stereocenters. The second-order valence-electron chi connectivity index (χ2n) is 4.75. The van der Waals surface area contributed by atoms with Crippen molar-refractivity contribution in [2.45, 2.75) is 31.8 Å². The van der Waals surface area contributed by atoms with Crippen LogP contribution in [0.15, 0.2) is 0 Å². The molecule has 76 valence electrons. The summed E-state index contributed by atoms with van der Waals surface area (Å²) in [5.74, 6) is 1.89. The minimum absolute atomic E-state index is 0.611. The quantitative estimate of drug-likeness (QED) is 0.661. The highest BCUT2D eigenvalue weighted by atomic mass is 16.5. The van der Waals surface area contributed by atoms with Gasteiger partial charge in [-0.25, -0.2) is 0 Å². The molecule has 0 aromatic carbocycles. The van der Waals surface area contributed by atoms with Crippen LogP contribution in [0.1, 0.15) is 25.7 Å². The summed E-state index contributed by atoms with van der Waals surface area (Å²) in [6.07, 6.45) is 6.17. The summed E-state index contributed by atoms with van der Waals surface area (Å²) in [5, 5.41) is 0. The molecule has 0 aromatic rings. The molecule has 2 heteroatoms. The molecule has 2 aliphatic rings. The Balaban J connectivity index is 1.66. The van der Waals surface area contributed by atoms with Crippen LogP contribution >= 0.6 is 0 Å². The number of likely N-dealkylation sites (tertiary alicyclic amines) is 1. The molecule has 1 saturated heterocycles. The molecule has 1 saturated carbocycles. The number of hydrogen-bond donors (Lipinski definition) is 0. The van der Waals surface area contributed by atoms with E-state index in [2.05, 4.69) is 11.9 Å². The Hall–Kier alpha value is -0.0800. The second kappa shape index (κ2) is 3.97. The van der Waals surface area contributed by atoms with E-state index in [-0.39, 0.29) is 0 Å². The molecule has 1 heterocycles. The zero-order valence-corrected chi connectivity index (χ0v) is 8.83. The number of ether oxygens (including phenoxy) is 1. The van der Waals surface area contributed by atoms with Crippen LogP contribution in [0.5, 0.6) is 0 Å². The number of hydrogen-bond acceptors (Lipinski definition) is 2. The van der Waals surface area contributed by atoms with Gasteiger partial charge in [0.1, 0.15) is 0 Å². The number of nitrogens with zero attached hydrogens (tertiary/aromatic N) is 1. The van der Waals surface area contributed by atoms with E-state index in [1.807, 2.05) is 7.11 Å². The normalized spacial score (nSPS) is 36.5. The van der Waals surface area contributed by atoms with E-state index in [1.165, 1.54) is 38.8 Å². The summed E-state index contributed by atoms with van der Waals surface area (Å²) in [5.41, 5.74) is 0. The van der Waals surface area contributed by atoms with Gasteiger partial charge in [0.2, 0.25) is 0 Å². The van der Waals surface area contributed by atoms with Gasteiger partial charge in [-0.05, 0) is 57.7 Å². The smallest absolute Gasteiger partial charge is 0.0604 e. The molecule has 1 aliphatic carbocycles. The van der Waals surface area contributed by atoms with Gasteiger partial charge in [0.25, 0.3) is 0 Å². The Morgan fingerprint density at radius 3 is 2.54 bits per heavy atom. The minimum Gasteiger partial charge on any atom is -0.381 e. The summed E-state index contributed by atoms with van der Waals surface area (Å²) in [6, 6.07) is 0. The summed E-state index contributed by atoms with van der Waals surface area (Å²) in [7, 11) is 4.07. The third kappa shape index (κ3) is 2.44. The third-order valence-electron chi connectivity index (χ3n) is 3.63. The maximum Gasteiger partial charge on any atom is 0.0604 e. The Morgan fingerprint density at radius 2 is 2.00 bits per heavy atom. The highest BCUT2D eigenvalue weighted by molar-refractivity contribution is 4.89. The first-order chi connectivity index (χ1) is 6.29. The number of rotatable bonds is 3. The van der Waals surface area contributed by atoms with Gasteiger partial charge in [-0.3, -0.25) is 0 Å². The predicted octanol–water partition coefficient (Wildman–Crippen LogP) is 1.75. The number of methoxy groups -OCH3 is 1. The first-order valence-corrected chi connectivity index (χ1v) is 5.51. The van der Waals surface area contributed by atoms with Gasteiger partial charge in [0, 0.05) is 7.11 Å². The Morgan fingerprint density at radius 1 is 1.31 bits per heavy atom. The lowest BCUT2D eigenvalue weighted by atomic mass is 9.92. The molecule has 0 aromatic heterocycles. The molecule has 2 nitrogen and oxygen atoms in total. The zero-order valence-electron chi connectivity index (χ0n) is 8.83. The van der Waals surface area contributed by atoms with Crippen molar-refractivity contribution in [1.82, 2.24) is 4.90 Å². The van der Waals surface area contributed by atoms with Crippen LogP contribution in [-0.4, -0.2) is 38.3 Å². The molecule has 2 fully saturated rings. The fraction of sp³-hybridized carbons (Fsp3) is 1.00. The summed E-state index contributed by atoms with van der Waals surface area (Å²) < 4.78 is 5.33. The van der Waals surface area contributed by atoms with Crippen molar-refractivity contribution < 1.29 is 4.74 Å². The van der Waals surface area contributed by atoms with Gasteiger partial charge < -0.3 is 9.64 Å². The SMILES string of the molecule is COC1CC1CC1CCN(C)CC1. The van der Waals surface area contributed by atoms with Crippen LogP contribution in [0.3, 0.4) is 0 Å². The van der Waals surface area contributed by atoms with E-state index in [0.29, 0.717) is 6.10 Å². The molecule has 0 amide bonds. The first-order valence-electron chi connectivity index (χ1n) is 5.51. The van der Waals surface area contributed by atoms with E-state index in [4.69, 9.17) is 4.74 Å². The molecule has 0 spiro atoms. The van der Waals surface area contributed by atoms with Crippen molar-refractivity contribution in [3.05, 3.63) is 0 Å². The zero-order chi connectivity index (χ0) is 9.26. The van der Waals surface area contributed by atoms with Gasteiger partial charge in [-0.2, -0.15) is 0 Å². The van der Waals surface area contributed by atoms with E-state index in [9.17, 15) is 0 Å². The fourth-order valence-corrected chi connectivity index (χ4v) is 2.48. The van der Waals surface area contributed by atoms with Crippen LogP contribution < -0.4 is 0 Å². The van der Waals surface area contributed by atoms with Crippen molar-refractivity contribution in [2.24, 2.45) is 11.8 Å². The second-order valence-corrected chi connectivity index (χ2v) is 4.75. The summed E-state index contributed by atoms with van der Waals surface area (Å²) in [4.78, 5) is 2.44.